The number of ketones is 1. The summed E-state index contributed by atoms with van der Waals surface area (Å²) in [6.07, 6.45) is 13.7. The van der Waals surface area contributed by atoms with Crippen molar-refractivity contribution in [3.63, 3.8) is 0 Å². The Morgan fingerprint density at radius 3 is 3.07 bits per heavy atom. The molecule has 140 valence electrons. The van der Waals surface area contributed by atoms with Gasteiger partial charge in [0, 0.05) is 36.6 Å². The van der Waals surface area contributed by atoms with Gasteiger partial charge in [0.2, 0.25) is 0 Å². The topological polar surface area (TPSA) is 71.7 Å². The van der Waals surface area contributed by atoms with E-state index in [0.29, 0.717) is 11.3 Å². The Labute approximate surface area is 162 Å². The van der Waals surface area contributed by atoms with E-state index >= 15 is 0 Å². The number of thiophene rings is 1. The van der Waals surface area contributed by atoms with E-state index in [1.165, 1.54) is 11.3 Å². The maximum atomic E-state index is 12.8. The summed E-state index contributed by atoms with van der Waals surface area (Å²) in [5.74, 6) is 6.74. The Bertz CT molecular complexity index is 956. The largest absolute Gasteiger partial charge is 0.497 e. The van der Waals surface area contributed by atoms with Crippen molar-refractivity contribution in [1.29, 1.82) is 0 Å². The molecule has 3 rings (SSSR count). The summed E-state index contributed by atoms with van der Waals surface area (Å²) in [7, 11) is 3.39. The predicted molar refractivity (Wildman–Crippen MR) is 111 cm³/mol. The molecule has 0 fully saturated rings. The molecule has 0 bridgehead atoms. The van der Waals surface area contributed by atoms with Gasteiger partial charge in [-0.2, -0.15) is 0 Å². The van der Waals surface area contributed by atoms with Crippen LogP contribution in [0.3, 0.4) is 0 Å². The molecule has 6 nitrogen and oxygen atoms in total. The minimum absolute atomic E-state index is 0.0625. The highest BCUT2D eigenvalue weighted by Gasteiger charge is 2.23. The molecular formula is C20H22N4O2S. The van der Waals surface area contributed by atoms with Crippen molar-refractivity contribution in [3.05, 3.63) is 65.7 Å². The van der Waals surface area contributed by atoms with Gasteiger partial charge < -0.3 is 14.6 Å². The van der Waals surface area contributed by atoms with Crippen molar-refractivity contribution in [1.82, 2.24) is 9.88 Å². The quantitative estimate of drug-likeness (QED) is 0.356. The van der Waals surface area contributed by atoms with Gasteiger partial charge >= 0.3 is 0 Å². The van der Waals surface area contributed by atoms with E-state index in [0.717, 1.165) is 27.2 Å². The van der Waals surface area contributed by atoms with E-state index < -0.39 is 0 Å². The average molecular weight is 382 g/mol. The van der Waals surface area contributed by atoms with Crippen molar-refractivity contribution in [2.24, 2.45) is 5.84 Å². The minimum atomic E-state index is 0.0625. The number of methoxy groups -OCH3 is 1. The summed E-state index contributed by atoms with van der Waals surface area (Å²) >= 11 is 1.41. The van der Waals surface area contributed by atoms with Gasteiger partial charge in [-0.25, -0.2) is 10.8 Å². The monoisotopic (exact) mass is 382 g/mol. The van der Waals surface area contributed by atoms with E-state index in [9.17, 15) is 4.79 Å². The third-order valence-electron chi connectivity index (χ3n) is 4.19. The number of fused-ring (bicyclic) bond motifs is 3. The Hall–Kier alpha value is -2.90. The third kappa shape index (κ3) is 3.94. The first-order valence-corrected chi connectivity index (χ1v) is 9.27. The third-order valence-corrected chi connectivity index (χ3v) is 5.34. The fourth-order valence-electron chi connectivity index (χ4n) is 2.88. The maximum Gasteiger partial charge on any atom is 0.193 e. The lowest BCUT2D eigenvalue weighted by Crippen LogP contribution is -2.25. The van der Waals surface area contributed by atoms with Gasteiger partial charge in [-0.1, -0.05) is 12.7 Å². The number of hydrogen-bond acceptors (Lipinski definition) is 7. The highest BCUT2D eigenvalue weighted by Crippen LogP contribution is 2.37. The second-order valence-electron chi connectivity index (χ2n) is 6.01. The molecule has 0 aliphatic carbocycles. The van der Waals surface area contributed by atoms with Crippen molar-refractivity contribution >= 4 is 39.1 Å². The zero-order valence-electron chi connectivity index (χ0n) is 15.4. The molecule has 7 heteroatoms. The van der Waals surface area contributed by atoms with Crippen molar-refractivity contribution < 1.29 is 9.53 Å². The van der Waals surface area contributed by atoms with Crippen LogP contribution in [0.4, 0.5) is 5.69 Å². The Morgan fingerprint density at radius 2 is 2.37 bits per heavy atom. The number of allylic oxidation sites excluding steroid dienone is 3. The number of aromatic nitrogens is 1. The highest BCUT2D eigenvalue weighted by atomic mass is 32.1. The molecule has 1 aliphatic heterocycles. The van der Waals surface area contributed by atoms with Crippen molar-refractivity contribution in [2.75, 3.05) is 25.7 Å². The van der Waals surface area contributed by atoms with Crippen LogP contribution >= 0.6 is 11.3 Å². The summed E-state index contributed by atoms with van der Waals surface area (Å²) in [6.45, 7) is 3.96. The zero-order valence-corrected chi connectivity index (χ0v) is 16.2. The van der Waals surface area contributed by atoms with Crippen LogP contribution in [0.1, 0.15) is 21.7 Å². The van der Waals surface area contributed by atoms with Gasteiger partial charge in [0.05, 0.1) is 24.2 Å². The molecule has 2 aromatic rings. The molecule has 0 amide bonds. The number of anilines is 1. The van der Waals surface area contributed by atoms with Crippen LogP contribution in [-0.2, 0) is 4.74 Å². The molecule has 1 aliphatic rings. The Balaban J connectivity index is 1.89. The maximum absolute atomic E-state index is 12.8. The van der Waals surface area contributed by atoms with Crippen molar-refractivity contribution in [3.8, 4) is 0 Å². The number of pyridine rings is 1. The number of hydrazine groups is 1. The lowest BCUT2D eigenvalue weighted by molar-refractivity contribution is 0.0975. The lowest BCUT2D eigenvalue weighted by Gasteiger charge is -2.13. The normalized spacial score (nSPS) is 14.6. The number of carbonyl (C=O) groups excluding carboxylic acids is 1. The standard InChI is InChI=1S/C20H22N4O2S/c1-4-14(26-3)7-5-6-11-24-12-9-15-18-16(23(2)21)8-10-22-20(18)27-19(15)17(25)13-24/h4,6-12H,1,5,13,21H2,2-3H3/b11-6+,14-7?. The van der Waals surface area contributed by atoms with Crippen LogP contribution < -0.4 is 10.9 Å². The fraction of sp³-hybridized carbons (Fsp3) is 0.200. The molecule has 0 atom stereocenters. The molecule has 0 spiro atoms. The van der Waals surface area contributed by atoms with E-state index in [2.05, 4.69) is 11.6 Å². The predicted octanol–water partition coefficient (Wildman–Crippen LogP) is 3.70. The zero-order chi connectivity index (χ0) is 19.4. The number of Topliss-reactive ketones (excluding diaryl/α,β-unsaturated/α-hetero) is 1. The number of hydrogen-bond donors (Lipinski definition) is 1. The minimum Gasteiger partial charge on any atom is -0.497 e. The van der Waals surface area contributed by atoms with Gasteiger partial charge in [-0.05, 0) is 30.7 Å². The second-order valence-corrected chi connectivity index (χ2v) is 7.01. The van der Waals surface area contributed by atoms with E-state index in [-0.39, 0.29) is 12.3 Å². The average Bonchev–Trinajstić information content (AvgIpc) is 2.97. The Morgan fingerprint density at radius 1 is 1.56 bits per heavy atom. The molecule has 3 heterocycles. The smallest absolute Gasteiger partial charge is 0.193 e. The molecule has 0 aromatic carbocycles. The molecular weight excluding hydrogens is 360 g/mol. The lowest BCUT2D eigenvalue weighted by atomic mass is 10.1. The summed E-state index contributed by atoms with van der Waals surface area (Å²) in [5, 5.41) is 2.47. The molecule has 0 radical (unpaired) electrons. The Kier molecular flexibility index (Phi) is 5.73. The molecule has 2 N–H and O–H groups in total. The SMILES string of the molecule is C=CC(=CC/C=C/N1C=Cc2c(sc3nccc(N(C)N)c23)C(=O)C1)OC. The van der Waals surface area contributed by atoms with E-state index in [4.69, 9.17) is 10.6 Å². The first-order chi connectivity index (χ1) is 13.0. The van der Waals surface area contributed by atoms with Crippen LogP contribution in [0.5, 0.6) is 0 Å². The number of nitrogens with two attached hydrogens (primary N) is 1. The van der Waals surface area contributed by atoms with Crippen LogP contribution in [0, 0.1) is 0 Å². The summed E-state index contributed by atoms with van der Waals surface area (Å²) in [5.41, 5.74) is 1.73. The highest BCUT2D eigenvalue weighted by molar-refractivity contribution is 7.21. The summed E-state index contributed by atoms with van der Waals surface area (Å²) in [4.78, 5) is 20.6. The summed E-state index contributed by atoms with van der Waals surface area (Å²) in [6, 6.07) is 1.86. The molecule has 0 saturated heterocycles. The number of carbonyl (C=O) groups is 1. The van der Waals surface area contributed by atoms with Gasteiger partial charge in [0.15, 0.2) is 5.78 Å². The first kappa shape index (κ1) is 18.9. The van der Waals surface area contributed by atoms with Gasteiger partial charge in [0.25, 0.3) is 0 Å². The van der Waals surface area contributed by atoms with Crippen LogP contribution in [-0.4, -0.2) is 36.4 Å². The van der Waals surface area contributed by atoms with Gasteiger partial charge in [0.1, 0.15) is 10.6 Å². The molecule has 2 aromatic heterocycles. The van der Waals surface area contributed by atoms with Gasteiger partial charge in [-0.15, -0.1) is 11.3 Å². The molecule has 0 saturated carbocycles. The van der Waals surface area contributed by atoms with E-state index in [1.807, 2.05) is 41.6 Å². The van der Waals surface area contributed by atoms with Crippen molar-refractivity contribution in [2.45, 2.75) is 6.42 Å². The molecule has 0 unspecified atom stereocenters. The molecule has 27 heavy (non-hydrogen) atoms. The number of ether oxygens (including phenoxy) is 1. The van der Waals surface area contributed by atoms with E-state index in [1.54, 1.807) is 31.4 Å². The van der Waals surface area contributed by atoms with Gasteiger partial charge in [-0.3, -0.25) is 4.79 Å². The first-order valence-electron chi connectivity index (χ1n) is 8.45. The number of nitrogens with zero attached hydrogens (tertiary/aromatic N) is 3. The second kappa shape index (κ2) is 8.20. The van der Waals surface area contributed by atoms with Crippen LogP contribution in [0.25, 0.3) is 16.3 Å². The number of rotatable bonds is 6. The fourth-order valence-corrected chi connectivity index (χ4v) is 3.96. The van der Waals surface area contributed by atoms with Crippen LogP contribution in [0.15, 0.2) is 55.2 Å². The van der Waals surface area contributed by atoms with Crippen LogP contribution in [0.2, 0.25) is 0 Å². The summed E-state index contributed by atoms with van der Waals surface area (Å²) < 4.78 is 5.14.